The second-order valence-electron chi connectivity index (χ2n) is 7.38. The van der Waals surface area contributed by atoms with Crippen LogP contribution in [-0.4, -0.2) is 20.7 Å². The number of fused-ring (bicyclic) bond motifs is 1. The Morgan fingerprint density at radius 2 is 2.00 bits per heavy atom. The molecule has 2 heterocycles. The number of halogens is 1. The molecular weight excluding hydrogens is 375 g/mol. The number of hydrogen-bond donors (Lipinski definition) is 1. The van der Waals surface area contributed by atoms with E-state index in [2.05, 4.69) is 29.2 Å². The summed E-state index contributed by atoms with van der Waals surface area (Å²) in [6, 6.07) is 6.23. The van der Waals surface area contributed by atoms with E-state index < -0.39 is 0 Å². The average molecular weight is 399 g/mol. The van der Waals surface area contributed by atoms with Crippen LogP contribution in [0.2, 0.25) is 0 Å². The molecule has 2 aromatic heterocycles. The summed E-state index contributed by atoms with van der Waals surface area (Å²) in [4.78, 5) is 17.4. The van der Waals surface area contributed by atoms with Crippen molar-refractivity contribution in [1.29, 1.82) is 0 Å². The summed E-state index contributed by atoms with van der Waals surface area (Å²) in [5.41, 5.74) is 4.18. The van der Waals surface area contributed by atoms with Crippen LogP contribution < -0.4 is 5.32 Å². The molecule has 0 unspecified atom stereocenters. The summed E-state index contributed by atoms with van der Waals surface area (Å²) in [5, 5.41) is 10.6. The molecule has 1 aliphatic rings. The molecule has 1 aliphatic carbocycles. The Labute approximate surface area is 167 Å². The highest BCUT2D eigenvalue weighted by atomic mass is 32.1. The van der Waals surface area contributed by atoms with Crippen LogP contribution in [0.15, 0.2) is 29.6 Å². The number of hydrogen-bond acceptors (Lipinski definition) is 4. The highest BCUT2D eigenvalue weighted by molar-refractivity contribution is 7.09. The van der Waals surface area contributed by atoms with Gasteiger partial charge in [-0.1, -0.05) is 13.8 Å². The van der Waals surface area contributed by atoms with Crippen LogP contribution in [0.4, 0.5) is 4.39 Å². The minimum Gasteiger partial charge on any atom is -0.345 e. The number of rotatable bonds is 5. The van der Waals surface area contributed by atoms with Gasteiger partial charge < -0.3 is 5.32 Å². The summed E-state index contributed by atoms with van der Waals surface area (Å²) in [6.07, 6.45) is 3.83. The van der Waals surface area contributed by atoms with E-state index in [0.29, 0.717) is 18.2 Å². The molecule has 0 bridgehead atoms. The van der Waals surface area contributed by atoms with Gasteiger partial charge in [-0.05, 0) is 49.9 Å². The summed E-state index contributed by atoms with van der Waals surface area (Å²) in [7, 11) is 0. The molecule has 7 heteroatoms. The minimum absolute atomic E-state index is 0.182. The van der Waals surface area contributed by atoms with E-state index in [1.807, 2.05) is 5.38 Å². The fourth-order valence-electron chi connectivity index (χ4n) is 3.50. The number of aromatic nitrogens is 3. The van der Waals surface area contributed by atoms with Gasteiger partial charge in [0, 0.05) is 22.6 Å². The Bertz CT molecular complexity index is 991. The average Bonchev–Trinajstić information content (AvgIpc) is 3.32. The van der Waals surface area contributed by atoms with Crippen molar-refractivity contribution in [3.63, 3.8) is 0 Å². The molecular formula is C21H23FN4OS. The molecule has 5 nitrogen and oxygen atoms in total. The van der Waals surface area contributed by atoms with Gasteiger partial charge in [0.2, 0.25) is 0 Å². The standard InChI is InChI=1S/C21H23FN4OS/c1-13(2)21-24-15(12-28-21)11-23-20(27)19-17-5-3-4-6-18(17)26(25-19)16-9-7-14(22)8-10-16/h7-10,12-13H,3-6,11H2,1-2H3,(H,23,27). The Balaban J connectivity index is 1.58. The van der Waals surface area contributed by atoms with Gasteiger partial charge in [0.05, 0.1) is 22.9 Å². The molecule has 0 fully saturated rings. The van der Waals surface area contributed by atoms with Crippen molar-refractivity contribution in [2.24, 2.45) is 0 Å². The van der Waals surface area contributed by atoms with E-state index in [0.717, 1.165) is 53.3 Å². The first-order valence-electron chi connectivity index (χ1n) is 9.62. The number of carbonyl (C=O) groups is 1. The normalized spacial score (nSPS) is 13.6. The first-order chi connectivity index (χ1) is 13.5. The second-order valence-corrected chi connectivity index (χ2v) is 8.27. The van der Waals surface area contributed by atoms with Crippen LogP contribution in [-0.2, 0) is 19.4 Å². The Morgan fingerprint density at radius 1 is 1.25 bits per heavy atom. The molecule has 0 spiro atoms. The summed E-state index contributed by atoms with van der Waals surface area (Å²) >= 11 is 1.62. The fraction of sp³-hybridized carbons (Fsp3) is 0.381. The molecule has 1 amide bonds. The van der Waals surface area contributed by atoms with Crippen molar-refractivity contribution >= 4 is 17.2 Å². The highest BCUT2D eigenvalue weighted by Crippen LogP contribution is 2.27. The predicted molar refractivity (Wildman–Crippen MR) is 108 cm³/mol. The predicted octanol–water partition coefficient (Wildman–Crippen LogP) is 4.40. The van der Waals surface area contributed by atoms with Gasteiger partial charge in [-0.3, -0.25) is 4.79 Å². The summed E-state index contributed by atoms with van der Waals surface area (Å²) < 4.78 is 15.1. The van der Waals surface area contributed by atoms with Gasteiger partial charge >= 0.3 is 0 Å². The third-order valence-electron chi connectivity index (χ3n) is 4.96. The van der Waals surface area contributed by atoms with Crippen LogP contribution in [0.3, 0.4) is 0 Å². The van der Waals surface area contributed by atoms with E-state index >= 15 is 0 Å². The van der Waals surface area contributed by atoms with Crippen molar-refractivity contribution in [3.8, 4) is 5.69 Å². The topological polar surface area (TPSA) is 59.8 Å². The Hall–Kier alpha value is -2.54. The lowest BCUT2D eigenvalue weighted by Crippen LogP contribution is -2.25. The van der Waals surface area contributed by atoms with E-state index in [-0.39, 0.29) is 11.7 Å². The maximum atomic E-state index is 13.3. The minimum atomic E-state index is -0.285. The third kappa shape index (κ3) is 3.71. The molecule has 146 valence electrons. The SMILES string of the molecule is CC(C)c1nc(CNC(=O)c2nn(-c3ccc(F)cc3)c3c2CCCC3)cs1. The summed E-state index contributed by atoms with van der Waals surface area (Å²) in [6.45, 7) is 4.60. The van der Waals surface area contributed by atoms with Crippen LogP contribution in [0.1, 0.15) is 65.1 Å². The van der Waals surface area contributed by atoms with E-state index in [1.54, 1.807) is 28.2 Å². The van der Waals surface area contributed by atoms with Gasteiger partial charge in [0.25, 0.3) is 5.91 Å². The summed E-state index contributed by atoms with van der Waals surface area (Å²) in [5.74, 6) is -0.0854. The molecule has 0 atom stereocenters. The van der Waals surface area contributed by atoms with E-state index in [1.165, 1.54) is 12.1 Å². The van der Waals surface area contributed by atoms with Gasteiger partial charge in [0.1, 0.15) is 5.82 Å². The first-order valence-corrected chi connectivity index (χ1v) is 10.5. The maximum absolute atomic E-state index is 13.3. The van der Waals surface area contributed by atoms with Gasteiger partial charge in [-0.2, -0.15) is 5.10 Å². The van der Waals surface area contributed by atoms with Crippen LogP contribution in [0.25, 0.3) is 5.69 Å². The third-order valence-corrected chi connectivity index (χ3v) is 6.15. The lowest BCUT2D eigenvalue weighted by Gasteiger charge is -2.14. The molecule has 28 heavy (non-hydrogen) atoms. The van der Waals surface area contributed by atoms with Gasteiger partial charge in [0.15, 0.2) is 5.69 Å². The molecule has 0 saturated carbocycles. The number of nitrogens with zero attached hydrogens (tertiary/aromatic N) is 3. The smallest absolute Gasteiger partial charge is 0.272 e. The number of benzene rings is 1. The van der Waals surface area contributed by atoms with Gasteiger partial charge in [-0.15, -0.1) is 11.3 Å². The van der Waals surface area contributed by atoms with E-state index in [9.17, 15) is 9.18 Å². The van der Waals surface area contributed by atoms with Crippen LogP contribution in [0.5, 0.6) is 0 Å². The van der Waals surface area contributed by atoms with Crippen molar-refractivity contribution in [2.45, 2.75) is 52.0 Å². The lowest BCUT2D eigenvalue weighted by atomic mass is 9.95. The molecule has 0 aliphatic heterocycles. The molecule has 1 aromatic carbocycles. The van der Waals surface area contributed by atoms with E-state index in [4.69, 9.17) is 0 Å². The fourth-order valence-corrected chi connectivity index (χ4v) is 4.34. The monoisotopic (exact) mass is 398 g/mol. The van der Waals surface area contributed by atoms with Gasteiger partial charge in [-0.25, -0.2) is 14.1 Å². The molecule has 0 saturated heterocycles. The number of nitrogens with one attached hydrogen (secondary N) is 1. The zero-order chi connectivity index (χ0) is 19.7. The van der Waals surface area contributed by atoms with Crippen molar-refractivity contribution in [2.75, 3.05) is 0 Å². The number of carbonyl (C=O) groups excluding carboxylic acids is 1. The zero-order valence-electron chi connectivity index (χ0n) is 16.0. The molecule has 4 rings (SSSR count). The first kappa shape index (κ1) is 18.8. The van der Waals surface area contributed by atoms with Crippen molar-refractivity contribution in [1.82, 2.24) is 20.1 Å². The van der Waals surface area contributed by atoms with Crippen molar-refractivity contribution in [3.05, 3.63) is 63.1 Å². The van der Waals surface area contributed by atoms with Crippen LogP contribution >= 0.6 is 11.3 Å². The molecule has 3 aromatic rings. The molecule has 0 radical (unpaired) electrons. The highest BCUT2D eigenvalue weighted by Gasteiger charge is 2.25. The lowest BCUT2D eigenvalue weighted by molar-refractivity contribution is 0.0944. The van der Waals surface area contributed by atoms with Crippen LogP contribution in [0, 0.1) is 5.82 Å². The Morgan fingerprint density at radius 3 is 2.71 bits per heavy atom. The zero-order valence-corrected chi connectivity index (χ0v) is 16.9. The maximum Gasteiger partial charge on any atom is 0.272 e. The quantitative estimate of drug-likeness (QED) is 0.693. The molecule has 1 N–H and O–H groups in total. The van der Waals surface area contributed by atoms with Crippen molar-refractivity contribution < 1.29 is 9.18 Å². The largest absolute Gasteiger partial charge is 0.345 e. The Kier molecular flexibility index (Phi) is 5.26. The number of thiazole rings is 1. The second kappa shape index (κ2) is 7.83. The number of amides is 1.